The highest BCUT2D eigenvalue weighted by molar-refractivity contribution is 6.30. The van der Waals surface area contributed by atoms with Crippen molar-refractivity contribution in [1.82, 2.24) is 5.32 Å². The van der Waals surface area contributed by atoms with Gasteiger partial charge in [0.1, 0.15) is 23.0 Å². The number of carbonyl (C=O) groups is 3. The molecular formula is C20H28ClNO6. The van der Waals surface area contributed by atoms with Gasteiger partial charge < -0.3 is 19.5 Å². The zero-order chi connectivity index (χ0) is 21.7. The van der Waals surface area contributed by atoms with Crippen LogP contribution in [0, 0.1) is 6.92 Å². The summed E-state index contributed by atoms with van der Waals surface area (Å²) in [6.45, 7) is 11.9. The zero-order valence-electron chi connectivity index (χ0n) is 17.3. The number of aryl methyl sites for hydroxylation is 1. The number of esters is 2. The van der Waals surface area contributed by atoms with Gasteiger partial charge in [0.05, 0.1) is 6.42 Å². The molecule has 0 unspecified atom stereocenters. The number of hydrogen-bond acceptors (Lipinski definition) is 6. The minimum atomic E-state index is -1.28. The summed E-state index contributed by atoms with van der Waals surface area (Å²) in [5, 5.41) is 2.87. The van der Waals surface area contributed by atoms with Crippen LogP contribution in [-0.4, -0.2) is 35.3 Å². The lowest BCUT2D eigenvalue weighted by Gasteiger charge is -2.24. The van der Waals surface area contributed by atoms with Crippen molar-refractivity contribution in [2.24, 2.45) is 0 Å². The molecule has 1 aromatic carbocycles. The van der Waals surface area contributed by atoms with E-state index in [2.05, 4.69) is 5.32 Å². The fraction of sp³-hybridized carbons (Fsp3) is 0.550. The molecule has 1 N–H and O–H groups in total. The molecule has 0 fully saturated rings. The number of nitrogens with one attached hydrogen (secondary N) is 1. The third-order valence-corrected chi connectivity index (χ3v) is 3.35. The van der Waals surface area contributed by atoms with E-state index in [4.69, 9.17) is 25.8 Å². The number of alkyl carbamates (subject to hydrolysis) is 1. The van der Waals surface area contributed by atoms with Crippen LogP contribution in [0.3, 0.4) is 0 Å². The van der Waals surface area contributed by atoms with Crippen LogP contribution in [0.15, 0.2) is 18.2 Å². The Labute approximate surface area is 170 Å². The maximum atomic E-state index is 12.6. The van der Waals surface area contributed by atoms with E-state index in [1.54, 1.807) is 60.6 Å². The van der Waals surface area contributed by atoms with Gasteiger partial charge in [-0.05, 0) is 72.2 Å². The molecule has 28 heavy (non-hydrogen) atoms. The molecule has 1 aromatic rings. The first-order chi connectivity index (χ1) is 12.7. The van der Waals surface area contributed by atoms with E-state index in [0.29, 0.717) is 10.6 Å². The highest BCUT2D eigenvalue weighted by Crippen LogP contribution is 2.22. The Morgan fingerprint density at radius 2 is 1.61 bits per heavy atom. The van der Waals surface area contributed by atoms with Gasteiger partial charge >= 0.3 is 18.0 Å². The summed E-state index contributed by atoms with van der Waals surface area (Å²) in [7, 11) is 0. The van der Waals surface area contributed by atoms with E-state index in [1.807, 2.05) is 0 Å². The predicted molar refractivity (Wildman–Crippen MR) is 105 cm³/mol. The van der Waals surface area contributed by atoms with Crippen LogP contribution in [0.4, 0.5) is 4.79 Å². The van der Waals surface area contributed by atoms with E-state index >= 15 is 0 Å². The maximum absolute atomic E-state index is 12.6. The van der Waals surface area contributed by atoms with Gasteiger partial charge in [0, 0.05) is 5.02 Å². The van der Waals surface area contributed by atoms with Crippen molar-refractivity contribution in [2.75, 3.05) is 0 Å². The second-order valence-electron chi connectivity index (χ2n) is 8.32. The summed E-state index contributed by atoms with van der Waals surface area (Å²) in [6.07, 6.45) is -1.24. The first-order valence-electron chi connectivity index (χ1n) is 8.85. The third-order valence-electron chi connectivity index (χ3n) is 3.11. The Hall–Kier alpha value is -2.28. The molecule has 0 aromatic heterocycles. The smallest absolute Gasteiger partial charge is 0.408 e. The molecule has 0 aliphatic carbocycles. The summed E-state index contributed by atoms with van der Waals surface area (Å²) in [6, 6.07) is 3.46. The molecule has 0 aliphatic rings. The standard InChI is InChI=1S/C20H28ClNO6/c1-12-10-13(21)8-9-15(12)26-17(24)14(11-16(23)27-19(2,3)4)22-18(25)28-20(5,6)7/h8-10,14H,11H2,1-7H3,(H,22,25)/t14-/m0/s1. The lowest BCUT2D eigenvalue weighted by atomic mass is 10.1. The number of amides is 1. The second kappa shape index (κ2) is 9.28. The minimum absolute atomic E-state index is 0.273. The first-order valence-corrected chi connectivity index (χ1v) is 9.23. The summed E-state index contributed by atoms with van der Waals surface area (Å²) in [5.41, 5.74) is -0.865. The highest BCUT2D eigenvalue weighted by Gasteiger charge is 2.30. The molecule has 1 rings (SSSR count). The molecule has 7 nitrogen and oxygen atoms in total. The maximum Gasteiger partial charge on any atom is 0.408 e. The second-order valence-corrected chi connectivity index (χ2v) is 8.76. The van der Waals surface area contributed by atoms with Crippen molar-refractivity contribution in [3.05, 3.63) is 28.8 Å². The van der Waals surface area contributed by atoms with Crippen LogP contribution in [0.25, 0.3) is 0 Å². The number of benzene rings is 1. The monoisotopic (exact) mass is 413 g/mol. The van der Waals surface area contributed by atoms with E-state index in [-0.39, 0.29) is 5.75 Å². The molecular weight excluding hydrogens is 386 g/mol. The van der Waals surface area contributed by atoms with Gasteiger partial charge in [0.2, 0.25) is 0 Å². The van der Waals surface area contributed by atoms with Gasteiger partial charge in [-0.1, -0.05) is 11.6 Å². The number of ether oxygens (including phenoxy) is 3. The van der Waals surface area contributed by atoms with Gasteiger partial charge in [-0.2, -0.15) is 0 Å². The van der Waals surface area contributed by atoms with Crippen molar-refractivity contribution in [3.63, 3.8) is 0 Å². The van der Waals surface area contributed by atoms with Gasteiger partial charge in [0.25, 0.3) is 0 Å². The summed E-state index contributed by atoms with van der Waals surface area (Å²) < 4.78 is 15.7. The number of carbonyl (C=O) groups excluding carboxylic acids is 3. The van der Waals surface area contributed by atoms with Crippen LogP contribution in [0.5, 0.6) is 5.75 Å². The Morgan fingerprint density at radius 3 is 2.11 bits per heavy atom. The van der Waals surface area contributed by atoms with Gasteiger partial charge in [-0.3, -0.25) is 4.79 Å². The van der Waals surface area contributed by atoms with E-state index in [9.17, 15) is 14.4 Å². The van der Waals surface area contributed by atoms with Crippen LogP contribution in [0.1, 0.15) is 53.5 Å². The van der Waals surface area contributed by atoms with Crippen LogP contribution < -0.4 is 10.1 Å². The molecule has 8 heteroatoms. The Bertz CT molecular complexity index is 703. The average molecular weight is 414 g/mol. The predicted octanol–water partition coefficient (Wildman–Crippen LogP) is 4.18. The molecule has 0 heterocycles. The zero-order valence-corrected chi connectivity index (χ0v) is 18.1. The first kappa shape index (κ1) is 23.8. The molecule has 1 amide bonds. The molecule has 0 spiro atoms. The molecule has 0 saturated carbocycles. The van der Waals surface area contributed by atoms with Crippen LogP contribution in [-0.2, 0) is 19.1 Å². The molecule has 0 aliphatic heterocycles. The Balaban J connectivity index is 2.95. The van der Waals surface area contributed by atoms with Gasteiger partial charge in [-0.15, -0.1) is 0 Å². The molecule has 0 saturated heterocycles. The lowest BCUT2D eigenvalue weighted by molar-refractivity contribution is -0.157. The Morgan fingerprint density at radius 1 is 1.04 bits per heavy atom. The molecule has 156 valence electrons. The van der Waals surface area contributed by atoms with E-state index in [0.717, 1.165) is 0 Å². The summed E-state index contributed by atoms with van der Waals surface area (Å²) in [4.78, 5) is 36.9. The van der Waals surface area contributed by atoms with Crippen LogP contribution >= 0.6 is 11.6 Å². The normalized spacial score (nSPS) is 12.7. The summed E-state index contributed by atoms with van der Waals surface area (Å²) in [5.74, 6) is -1.20. The Kier molecular flexibility index (Phi) is 7.87. The molecule has 0 radical (unpaired) electrons. The van der Waals surface area contributed by atoms with Crippen molar-refractivity contribution in [2.45, 2.75) is 72.1 Å². The average Bonchev–Trinajstić information content (AvgIpc) is 2.45. The SMILES string of the molecule is Cc1cc(Cl)ccc1OC(=O)[C@H](CC(=O)OC(C)(C)C)NC(=O)OC(C)(C)C. The topological polar surface area (TPSA) is 90.9 Å². The van der Waals surface area contributed by atoms with Crippen molar-refractivity contribution >= 4 is 29.6 Å². The number of halogens is 1. The van der Waals surface area contributed by atoms with Crippen molar-refractivity contribution < 1.29 is 28.6 Å². The third kappa shape index (κ3) is 9.08. The fourth-order valence-electron chi connectivity index (χ4n) is 2.10. The minimum Gasteiger partial charge on any atom is -0.460 e. The number of hydrogen-bond donors (Lipinski definition) is 1. The largest absolute Gasteiger partial charge is 0.460 e. The van der Waals surface area contributed by atoms with Crippen molar-refractivity contribution in [3.8, 4) is 5.75 Å². The lowest BCUT2D eigenvalue weighted by Crippen LogP contribution is -2.47. The molecule has 1 atom stereocenters. The van der Waals surface area contributed by atoms with Crippen molar-refractivity contribution in [1.29, 1.82) is 0 Å². The van der Waals surface area contributed by atoms with Gasteiger partial charge in [0.15, 0.2) is 0 Å². The quantitative estimate of drug-likeness (QED) is 0.575. The van der Waals surface area contributed by atoms with E-state index < -0.39 is 41.7 Å². The fourth-order valence-corrected chi connectivity index (χ4v) is 2.33. The van der Waals surface area contributed by atoms with Gasteiger partial charge in [-0.25, -0.2) is 9.59 Å². The van der Waals surface area contributed by atoms with Crippen LogP contribution in [0.2, 0.25) is 5.02 Å². The van der Waals surface area contributed by atoms with E-state index in [1.165, 1.54) is 6.07 Å². The number of rotatable bonds is 5. The highest BCUT2D eigenvalue weighted by atomic mass is 35.5. The molecule has 0 bridgehead atoms. The summed E-state index contributed by atoms with van der Waals surface area (Å²) >= 11 is 5.90.